The topological polar surface area (TPSA) is 40.5 Å². The summed E-state index contributed by atoms with van der Waals surface area (Å²) in [4.78, 5) is 14.2. The number of rotatable bonds is 3. The first-order valence-electron chi connectivity index (χ1n) is 7.77. The van der Waals surface area contributed by atoms with Crippen molar-refractivity contribution < 1.29 is 23.1 Å². The standard InChI is InChI=1S/C17H22F3NO2/c1-10(2)11(3)16(23)21-9-14(22)8-15(21)12-4-6-13(7-5-12)17(18,19)20/h4-7,10-11,14-15,22H,8-9H2,1-3H3. The number of benzene rings is 1. The lowest BCUT2D eigenvalue weighted by atomic mass is 9.95. The maximum Gasteiger partial charge on any atom is 0.416 e. The van der Waals surface area contributed by atoms with E-state index in [0.717, 1.165) is 12.1 Å². The lowest BCUT2D eigenvalue weighted by Gasteiger charge is -2.29. The van der Waals surface area contributed by atoms with Gasteiger partial charge < -0.3 is 10.0 Å². The average molecular weight is 329 g/mol. The Morgan fingerprint density at radius 2 is 1.78 bits per heavy atom. The van der Waals surface area contributed by atoms with Gasteiger partial charge in [-0.2, -0.15) is 13.2 Å². The summed E-state index contributed by atoms with van der Waals surface area (Å²) < 4.78 is 38.0. The predicted octanol–water partition coefficient (Wildman–Crippen LogP) is 3.63. The van der Waals surface area contributed by atoms with Gasteiger partial charge in [-0.15, -0.1) is 0 Å². The molecule has 1 aliphatic rings. The van der Waals surface area contributed by atoms with E-state index in [9.17, 15) is 23.1 Å². The minimum Gasteiger partial charge on any atom is -0.391 e. The van der Waals surface area contributed by atoms with Crippen LogP contribution in [0.4, 0.5) is 13.2 Å². The van der Waals surface area contributed by atoms with Gasteiger partial charge in [0.1, 0.15) is 0 Å². The summed E-state index contributed by atoms with van der Waals surface area (Å²) in [5.74, 6) is -0.104. The Hall–Kier alpha value is -1.56. The van der Waals surface area contributed by atoms with Gasteiger partial charge in [0.25, 0.3) is 0 Å². The highest BCUT2D eigenvalue weighted by molar-refractivity contribution is 5.79. The Bertz CT molecular complexity index is 554. The van der Waals surface area contributed by atoms with Crippen LogP contribution in [0, 0.1) is 11.8 Å². The Kier molecular flexibility index (Phi) is 5.04. The number of hydrogen-bond donors (Lipinski definition) is 1. The number of halogens is 3. The van der Waals surface area contributed by atoms with Crippen LogP contribution < -0.4 is 0 Å². The lowest BCUT2D eigenvalue weighted by Crippen LogP contribution is -2.37. The normalized spacial score (nSPS) is 23.4. The predicted molar refractivity (Wildman–Crippen MR) is 80.5 cm³/mol. The number of carbonyl (C=O) groups excluding carboxylic acids is 1. The summed E-state index contributed by atoms with van der Waals surface area (Å²) >= 11 is 0. The van der Waals surface area contributed by atoms with Crippen molar-refractivity contribution in [2.75, 3.05) is 6.54 Å². The van der Waals surface area contributed by atoms with Crippen LogP contribution >= 0.6 is 0 Å². The third-order valence-corrected chi connectivity index (χ3v) is 4.57. The maximum atomic E-state index is 12.7. The number of amides is 1. The van der Waals surface area contributed by atoms with E-state index >= 15 is 0 Å². The fourth-order valence-electron chi connectivity index (χ4n) is 2.81. The first-order chi connectivity index (χ1) is 10.6. The van der Waals surface area contributed by atoms with E-state index < -0.39 is 17.8 Å². The van der Waals surface area contributed by atoms with Crippen molar-refractivity contribution >= 4 is 5.91 Å². The number of β-amino-alcohol motifs (C(OH)–C–C–N with tert-alkyl or cyclic N) is 1. The van der Waals surface area contributed by atoms with Gasteiger partial charge in [0, 0.05) is 12.5 Å². The smallest absolute Gasteiger partial charge is 0.391 e. The molecule has 0 spiro atoms. The molecule has 1 fully saturated rings. The molecule has 1 saturated heterocycles. The molecule has 0 aromatic heterocycles. The molecule has 1 aromatic carbocycles. The minimum absolute atomic E-state index is 0.0681. The van der Waals surface area contributed by atoms with E-state index in [4.69, 9.17) is 0 Å². The Balaban J connectivity index is 2.24. The number of nitrogens with zero attached hydrogens (tertiary/aromatic N) is 1. The highest BCUT2D eigenvalue weighted by atomic mass is 19.4. The molecule has 2 rings (SSSR count). The van der Waals surface area contributed by atoms with Crippen molar-refractivity contribution in [1.29, 1.82) is 0 Å². The van der Waals surface area contributed by atoms with Crippen LogP contribution in [0.3, 0.4) is 0 Å². The third-order valence-electron chi connectivity index (χ3n) is 4.57. The third kappa shape index (κ3) is 3.86. The first kappa shape index (κ1) is 17.8. The van der Waals surface area contributed by atoms with Crippen LogP contribution in [0.5, 0.6) is 0 Å². The van der Waals surface area contributed by atoms with E-state index in [2.05, 4.69) is 0 Å². The molecular weight excluding hydrogens is 307 g/mol. The quantitative estimate of drug-likeness (QED) is 0.920. The zero-order valence-electron chi connectivity index (χ0n) is 13.5. The largest absolute Gasteiger partial charge is 0.416 e. The van der Waals surface area contributed by atoms with E-state index in [0.29, 0.717) is 12.0 Å². The number of carbonyl (C=O) groups is 1. The van der Waals surface area contributed by atoms with Crippen molar-refractivity contribution in [3.05, 3.63) is 35.4 Å². The molecule has 3 nitrogen and oxygen atoms in total. The molecule has 3 atom stereocenters. The molecule has 1 heterocycles. The summed E-state index contributed by atoms with van der Waals surface area (Å²) in [7, 11) is 0. The molecule has 0 radical (unpaired) electrons. The van der Waals surface area contributed by atoms with Gasteiger partial charge in [-0.1, -0.05) is 32.9 Å². The van der Waals surface area contributed by atoms with Gasteiger partial charge >= 0.3 is 6.18 Å². The fourth-order valence-corrected chi connectivity index (χ4v) is 2.81. The molecule has 1 aliphatic heterocycles. The number of likely N-dealkylation sites (tertiary alicyclic amines) is 1. The summed E-state index contributed by atoms with van der Waals surface area (Å²) in [5, 5.41) is 9.91. The van der Waals surface area contributed by atoms with Crippen LogP contribution in [-0.2, 0) is 11.0 Å². The van der Waals surface area contributed by atoms with Crippen LogP contribution in [0.15, 0.2) is 24.3 Å². The van der Waals surface area contributed by atoms with Gasteiger partial charge in [-0.25, -0.2) is 0 Å². The zero-order valence-corrected chi connectivity index (χ0v) is 13.5. The SMILES string of the molecule is CC(C)C(C)C(=O)N1CC(O)CC1c1ccc(C(F)(F)F)cc1. The van der Waals surface area contributed by atoms with Crippen molar-refractivity contribution in [3.63, 3.8) is 0 Å². The zero-order chi connectivity index (χ0) is 17.4. The molecule has 0 saturated carbocycles. The molecule has 0 bridgehead atoms. The van der Waals surface area contributed by atoms with Gasteiger partial charge in [0.05, 0.1) is 17.7 Å². The van der Waals surface area contributed by atoms with Gasteiger partial charge in [-0.05, 0) is 30.0 Å². The molecule has 3 unspecified atom stereocenters. The van der Waals surface area contributed by atoms with E-state index in [1.54, 1.807) is 4.90 Å². The summed E-state index contributed by atoms with van der Waals surface area (Å²) in [6, 6.07) is 4.46. The minimum atomic E-state index is -4.38. The highest BCUT2D eigenvalue weighted by Crippen LogP contribution is 2.36. The van der Waals surface area contributed by atoms with Gasteiger partial charge in [-0.3, -0.25) is 4.79 Å². The van der Waals surface area contributed by atoms with Crippen LogP contribution in [0.2, 0.25) is 0 Å². The van der Waals surface area contributed by atoms with Gasteiger partial charge in [0.15, 0.2) is 0 Å². The Morgan fingerprint density at radius 3 is 2.26 bits per heavy atom. The highest BCUT2D eigenvalue weighted by Gasteiger charge is 2.38. The molecule has 0 aliphatic carbocycles. The Morgan fingerprint density at radius 1 is 1.22 bits per heavy atom. The second-order valence-corrected chi connectivity index (χ2v) is 6.55. The summed E-state index contributed by atoms with van der Waals surface area (Å²) in [6.07, 6.45) is -4.68. The van der Waals surface area contributed by atoms with Gasteiger partial charge in [0.2, 0.25) is 5.91 Å². The van der Waals surface area contributed by atoms with Crippen molar-refractivity contribution in [2.24, 2.45) is 11.8 Å². The van der Waals surface area contributed by atoms with Crippen LogP contribution in [-0.4, -0.2) is 28.6 Å². The van der Waals surface area contributed by atoms with E-state index in [1.165, 1.54) is 12.1 Å². The molecule has 1 aromatic rings. The monoisotopic (exact) mass is 329 g/mol. The van der Waals surface area contributed by atoms with Crippen molar-refractivity contribution in [3.8, 4) is 0 Å². The van der Waals surface area contributed by atoms with Crippen molar-refractivity contribution in [1.82, 2.24) is 4.90 Å². The lowest BCUT2D eigenvalue weighted by molar-refractivity contribution is -0.138. The number of aliphatic hydroxyl groups excluding tert-OH is 1. The van der Waals surface area contributed by atoms with Crippen LogP contribution in [0.1, 0.15) is 44.4 Å². The molecule has 1 amide bonds. The molecule has 128 valence electrons. The molecule has 6 heteroatoms. The van der Waals surface area contributed by atoms with Crippen LogP contribution in [0.25, 0.3) is 0 Å². The van der Waals surface area contributed by atoms with E-state index in [-0.39, 0.29) is 30.3 Å². The average Bonchev–Trinajstić information content (AvgIpc) is 2.86. The second kappa shape index (κ2) is 6.51. The first-order valence-corrected chi connectivity index (χ1v) is 7.77. The summed E-state index contributed by atoms with van der Waals surface area (Å²) in [5.41, 5.74) is -0.0907. The number of alkyl halides is 3. The molecule has 23 heavy (non-hydrogen) atoms. The number of hydrogen-bond acceptors (Lipinski definition) is 2. The van der Waals surface area contributed by atoms with E-state index in [1.807, 2.05) is 20.8 Å². The molecular formula is C17H22F3NO2. The second-order valence-electron chi connectivity index (χ2n) is 6.55. The number of aliphatic hydroxyl groups is 1. The van der Waals surface area contributed by atoms with Crippen molar-refractivity contribution in [2.45, 2.75) is 45.5 Å². The Labute approximate surface area is 134 Å². The summed E-state index contributed by atoms with van der Waals surface area (Å²) in [6.45, 7) is 5.95. The maximum absolute atomic E-state index is 12.7. The molecule has 1 N–H and O–H groups in total. The fraction of sp³-hybridized carbons (Fsp3) is 0.588.